The molecule has 0 saturated heterocycles. The number of hydrogen-bond donors (Lipinski definition) is 2. The van der Waals surface area contributed by atoms with Crippen LogP contribution in [0.5, 0.6) is 5.75 Å². The van der Waals surface area contributed by atoms with E-state index in [1.165, 1.54) is 0 Å². The first-order chi connectivity index (χ1) is 14.1. The number of imidazole rings is 1. The van der Waals surface area contributed by atoms with E-state index in [1.54, 1.807) is 14.2 Å². The number of hydrogen-bond acceptors (Lipinski definition) is 4. The zero-order valence-electron chi connectivity index (χ0n) is 17.9. The maximum atomic E-state index is 5.86. The van der Waals surface area contributed by atoms with E-state index in [1.807, 2.05) is 24.4 Å². The van der Waals surface area contributed by atoms with Gasteiger partial charge in [-0.15, -0.1) is 24.0 Å². The van der Waals surface area contributed by atoms with E-state index in [0.717, 1.165) is 33.9 Å². The lowest BCUT2D eigenvalue weighted by molar-refractivity contribution is 0.145. The van der Waals surface area contributed by atoms with Crippen molar-refractivity contribution < 1.29 is 9.47 Å². The summed E-state index contributed by atoms with van der Waals surface area (Å²) in [7, 11) is 3.43. The van der Waals surface area contributed by atoms with Crippen LogP contribution in [0.4, 0.5) is 0 Å². The number of benzene rings is 1. The maximum Gasteiger partial charge on any atom is 0.191 e. The molecule has 2 heterocycles. The van der Waals surface area contributed by atoms with Crippen molar-refractivity contribution in [3.8, 4) is 5.75 Å². The molecule has 162 valence electrons. The molecule has 0 spiro atoms. The van der Waals surface area contributed by atoms with Crippen molar-refractivity contribution in [3.05, 3.63) is 65.1 Å². The lowest BCUT2D eigenvalue weighted by Crippen LogP contribution is -2.36. The van der Waals surface area contributed by atoms with Gasteiger partial charge in [-0.05, 0) is 37.6 Å². The Balaban J connectivity index is 0.00000320. The van der Waals surface area contributed by atoms with Gasteiger partial charge in [0.2, 0.25) is 0 Å². The number of aryl methyl sites for hydroxylation is 2. The van der Waals surface area contributed by atoms with Gasteiger partial charge in [0.15, 0.2) is 5.96 Å². The molecule has 8 heteroatoms. The molecular formula is C22H30IN5O2. The first kappa shape index (κ1) is 23.9. The number of guanidine groups is 1. The van der Waals surface area contributed by atoms with Gasteiger partial charge in [0.1, 0.15) is 18.0 Å². The summed E-state index contributed by atoms with van der Waals surface area (Å²) in [6, 6.07) is 12.3. The second-order valence-electron chi connectivity index (χ2n) is 6.86. The molecule has 7 nitrogen and oxygen atoms in total. The van der Waals surface area contributed by atoms with Gasteiger partial charge in [0.05, 0.1) is 18.8 Å². The monoisotopic (exact) mass is 523 g/mol. The van der Waals surface area contributed by atoms with Crippen LogP contribution in [0.25, 0.3) is 5.65 Å². The summed E-state index contributed by atoms with van der Waals surface area (Å²) in [6.45, 7) is 6.39. The van der Waals surface area contributed by atoms with Crippen molar-refractivity contribution in [2.45, 2.75) is 26.9 Å². The highest BCUT2D eigenvalue weighted by atomic mass is 127. The van der Waals surface area contributed by atoms with Crippen molar-refractivity contribution in [2.75, 3.05) is 27.4 Å². The number of nitrogens with zero attached hydrogens (tertiary/aromatic N) is 3. The predicted octanol–water partition coefficient (Wildman–Crippen LogP) is 3.46. The predicted molar refractivity (Wildman–Crippen MR) is 131 cm³/mol. The molecule has 0 bridgehead atoms. The highest BCUT2D eigenvalue weighted by Gasteiger charge is 2.07. The Morgan fingerprint density at radius 3 is 2.63 bits per heavy atom. The highest BCUT2D eigenvalue weighted by Crippen LogP contribution is 2.20. The molecule has 1 aromatic carbocycles. The summed E-state index contributed by atoms with van der Waals surface area (Å²) < 4.78 is 13.0. The van der Waals surface area contributed by atoms with E-state index >= 15 is 0 Å². The van der Waals surface area contributed by atoms with Crippen LogP contribution in [-0.2, 0) is 17.8 Å². The molecule has 0 unspecified atom stereocenters. The number of fused-ring (bicyclic) bond motifs is 1. The van der Waals surface area contributed by atoms with E-state index < -0.39 is 0 Å². The Morgan fingerprint density at radius 1 is 1.10 bits per heavy atom. The number of methoxy groups -OCH3 is 1. The standard InChI is InChI=1S/C22H29N5O2.HI/c1-16-8-9-18(20(12-16)29-11-10-28-4)13-24-22(23-3)25-14-19-15-27-17(2)6-5-7-21(27)26-19;/h5-9,12,15H,10-11,13-14H2,1-4H3,(H2,23,24,25);1H. The molecule has 3 rings (SSSR count). The van der Waals surface area contributed by atoms with Crippen LogP contribution in [0.15, 0.2) is 47.6 Å². The number of rotatable bonds is 8. The fourth-order valence-electron chi connectivity index (χ4n) is 3.03. The number of nitrogens with one attached hydrogen (secondary N) is 2. The van der Waals surface area contributed by atoms with Gasteiger partial charge in [-0.25, -0.2) is 4.98 Å². The molecule has 0 fully saturated rings. The van der Waals surface area contributed by atoms with Crippen molar-refractivity contribution >= 4 is 35.6 Å². The van der Waals surface area contributed by atoms with Crippen molar-refractivity contribution in [3.63, 3.8) is 0 Å². The lowest BCUT2D eigenvalue weighted by Gasteiger charge is -2.15. The third kappa shape index (κ3) is 6.33. The van der Waals surface area contributed by atoms with E-state index in [9.17, 15) is 0 Å². The SMILES string of the molecule is CN=C(NCc1cn2c(C)cccc2n1)NCc1ccc(C)cc1OCCOC.I. The van der Waals surface area contributed by atoms with Crippen LogP contribution in [0.2, 0.25) is 0 Å². The van der Waals surface area contributed by atoms with Crippen LogP contribution >= 0.6 is 24.0 Å². The smallest absolute Gasteiger partial charge is 0.191 e. The van der Waals surface area contributed by atoms with E-state index in [0.29, 0.717) is 32.3 Å². The van der Waals surface area contributed by atoms with Crippen LogP contribution in [0.3, 0.4) is 0 Å². The second-order valence-corrected chi connectivity index (χ2v) is 6.86. The van der Waals surface area contributed by atoms with E-state index in [-0.39, 0.29) is 24.0 Å². The summed E-state index contributed by atoms with van der Waals surface area (Å²) in [6.07, 6.45) is 2.05. The van der Waals surface area contributed by atoms with Crippen LogP contribution in [0.1, 0.15) is 22.5 Å². The molecule has 0 saturated carbocycles. The fourth-order valence-corrected chi connectivity index (χ4v) is 3.03. The Bertz CT molecular complexity index is 987. The van der Waals surface area contributed by atoms with Gasteiger partial charge in [0, 0.05) is 38.2 Å². The van der Waals surface area contributed by atoms with Crippen LogP contribution in [0, 0.1) is 13.8 Å². The molecule has 0 aliphatic heterocycles. The number of halogens is 1. The molecule has 0 aliphatic rings. The van der Waals surface area contributed by atoms with Gasteiger partial charge >= 0.3 is 0 Å². The molecular weight excluding hydrogens is 493 g/mol. The summed E-state index contributed by atoms with van der Waals surface area (Å²) in [5.41, 5.74) is 5.29. The summed E-state index contributed by atoms with van der Waals surface area (Å²) >= 11 is 0. The zero-order chi connectivity index (χ0) is 20.6. The third-order valence-corrected chi connectivity index (χ3v) is 4.62. The topological polar surface area (TPSA) is 72.2 Å². The van der Waals surface area contributed by atoms with E-state index in [2.05, 4.69) is 57.1 Å². The average molecular weight is 523 g/mol. The van der Waals surface area contributed by atoms with Gasteiger partial charge in [-0.3, -0.25) is 4.99 Å². The molecule has 0 amide bonds. The molecule has 0 radical (unpaired) electrons. The minimum Gasteiger partial charge on any atom is -0.491 e. The zero-order valence-corrected chi connectivity index (χ0v) is 20.3. The fraction of sp³-hybridized carbons (Fsp3) is 0.364. The largest absolute Gasteiger partial charge is 0.491 e. The number of pyridine rings is 1. The normalized spacial score (nSPS) is 11.3. The highest BCUT2D eigenvalue weighted by molar-refractivity contribution is 14.0. The lowest BCUT2D eigenvalue weighted by atomic mass is 10.1. The van der Waals surface area contributed by atoms with Crippen LogP contribution in [-0.4, -0.2) is 42.7 Å². The average Bonchev–Trinajstić information content (AvgIpc) is 3.14. The summed E-state index contributed by atoms with van der Waals surface area (Å²) in [5, 5.41) is 6.67. The Kier molecular flexibility index (Phi) is 9.38. The minimum atomic E-state index is 0. The van der Waals surface area contributed by atoms with Gasteiger partial charge in [0.25, 0.3) is 0 Å². The van der Waals surface area contributed by atoms with Gasteiger partial charge in [-0.1, -0.05) is 18.2 Å². The quantitative estimate of drug-likeness (QED) is 0.205. The number of ether oxygens (including phenoxy) is 2. The maximum absolute atomic E-state index is 5.86. The Labute approximate surface area is 194 Å². The van der Waals surface area contributed by atoms with Gasteiger partial charge < -0.3 is 24.5 Å². The molecule has 0 aliphatic carbocycles. The third-order valence-electron chi connectivity index (χ3n) is 4.62. The second kappa shape index (κ2) is 11.8. The molecule has 3 aromatic rings. The van der Waals surface area contributed by atoms with Gasteiger partial charge in [-0.2, -0.15) is 0 Å². The molecule has 2 aromatic heterocycles. The summed E-state index contributed by atoms with van der Waals surface area (Å²) in [5.74, 6) is 1.57. The minimum absolute atomic E-state index is 0. The van der Waals surface area contributed by atoms with Crippen molar-refractivity contribution in [2.24, 2.45) is 4.99 Å². The molecule has 2 N–H and O–H groups in total. The van der Waals surface area contributed by atoms with E-state index in [4.69, 9.17) is 9.47 Å². The Hall–Kier alpha value is -2.33. The number of aromatic nitrogens is 2. The molecule has 0 atom stereocenters. The summed E-state index contributed by atoms with van der Waals surface area (Å²) in [4.78, 5) is 8.96. The number of aliphatic imine (C=N–C) groups is 1. The first-order valence-electron chi connectivity index (χ1n) is 9.70. The molecule has 30 heavy (non-hydrogen) atoms. The van der Waals surface area contributed by atoms with Crippen molar-refractivity contribution in [1.82, 2.24) is 20.0 Å². The van der Waals surface area contributed by atoms with Crippen molar-refractivity contribution in [1.29, 1.82) is 0 Å². The van der Waals surface area contributed by atoms with Crippen LogP contribution < -0.4 is 15.4 Å². The Morgan fingerprint density at radius 2 is 1.90 bits per heavy atom. The first-order valence-corrected chi connectivity index (χ1v) is 9.70.